The van der Waals surface area contributed by atoms with Crippen LogP contribution in [0, 0.1) is 11.6 Å². The summed E-state index contributed by atoms with van der Waals surface area (Å²) in [7, 11) is 0. The lowest BCUT2D eigenvalue weighted by Crippen LogP contribution is -2.22. The van der Waals surface area contributed by atoms with Crippen molar-refractivity contribution in [2.24, 2.45) is 16.5 Å². The third-order valence-electron chi connectivity index (χ3n) is 3.64. The van der Waals surface area contributed by atoms with Crippen LogP contribution in [-0.4, -0.2) is 10.9 Å². The molecule has 0 fully saturated rings. The Balaban J connectivity index is 2.32. The van der Waals surface area contributed by atoms with Crippen molar-refractivity contribution in [3.63, 3.8) is 0 Å². The summed E-state index contributed by atoms with van der Waals surface area (Å²) in [5.74, 6) is -1.58. The van der Waals surface area contributed by atoms with Gasteiger partial charge in [-0.05, 0) is 18.2 Å². The predicted molar refractivity (Wildman–Crippen MR) is 96.9 cm³/mol. The number of aromatic nitrogens is 1. The van der Waals surface area contributed by atoms with Gasteiger partial charge in [0.2, 0.25) is 0 Å². The molecular formula is C18H13ClF2N4. The smallest absolute Gasteiger partial charge is 0.191 e. The van der Waals surface area contributed by atoms with E-state index in [9.17, 15) is 8.78 Å². The van der Waals surface area contributed by atoms with Gasteiger partial charge in [0.25, 0.3) is 0 Å². The molecule has 4 nitrogen and oxygen atoms in total. The first-order valence-corrected chi connectivity index (χ1v) is 7.58. The molecular weight excluding hydrogens is 346 g/mol. The highest BCUT2D eigenvalue weighted by atomic mass is 35.5. The monoisotopic (exact) mass is 358 g/mol. The standard InChI is InChI=1S/C18H13ClF2N4/c1-9(25-18(22)23)10-5-6-11-12(7-10)17(24-8-13(11)19)16-14(20)3-2-4-15(16)21/h2-8H,1H2,(H4,22,23,25). The van der Waals surface area contributed by atoms with E-state index in [1.165, 1.54) is 24.4 Å². The molecule has 0 unspecified atom stereocenters. The van der Waals surface area contributed by atoms with Gasteiger partial charge in [0.05, 0.1) is 22.0 Å². The molecule has 0 atom stereocenters. The second-order valence-electron chi connectivity index (χ2n) is 5.30. The van der Waals surface area contributed by atoms with Gasteiger partial charge in [-0.1, -0.05) is 36.4 Å². The Kier molecular flexibility index (Phi) is 4.37. The first kappa shape index (κ1) is 16.9. The van der Waals surface area contributed by atoms with Crippen LogP contribution >= 0.6 is 11.6 Å². The van der Waals surface area contributed by atoms with E-state index in [-0.39, 0.29) is 17.2 Å². The predicted octanol–water partition coefficient (Wildman–Crippen LogP) is 4.08. The van der Waals surface area contributed by atoms with E-state index >= 15 is 0 Å². The molecule has 0 amide bonds. The van der Waals surface area contributed by atoms with Crippen LogP contribution in [0.2, 0.25) is 5.02 Å². The molecule has 0 aliphatic heterocycles. The number of fused-ring (bicyclic) bond motifs is 1. The van der Waals surface area contributed by atoms with Gasteiger partial charge in [0.15, 0.2) is 5.96 Å². The van der Waals surface area contributed by atoms with E-state index in [0.29, 0.717) is 27.1 Å². The quantitative estimate of drug-likeness (QED) is 0.547. The van der Waals surface area contributed by atoms with Crippen molar-refractivity contribution in [1.82, 2.24) is 4.98 Å². The second kappa shape index (κ2) is 6.49. The molecule has 0 aliphatic rings. The minimum atomic E-state index is -0.718. The molecule has 0 saturated carbocycles. The van der Waals surface area contributed by atoms with Crippen LogP contribution in [-0.2, 0) is 0 Å². The van der Waals surface area contributed by atoms with E-state index in [1.54, 1.807) is 18.2 Å². The van der Waals surface area contributed by atoms with Crippen molar-refractivity contribution < 1.29 is 8.78 Å². The third-order valence-corrected chi connectivity index (χ3v) is 3.94. The van der Waals surface area contributed by atoms with Gasteiger partial charge in [0.1, 0.15) is 11.6 Å². The first-order valence-electron chi connectivity index (χ1n) is 7.20. The van der Waals surface area contributed by atoms with Crippen LogP contribution in [0.1, 0.15) is 5.56 Å². The number of hydrogen-bond donors (Lipinski definition) is 2. The summed E-state index contributed by atoms with van der Waals surface area (Å²) in [5.41, 5.74) is 11.5. The van der Waals surface area contributed by atoms with Gasteiger partial charge in [-0.3, -0.25) is 4.98 Å². The second-order valence-corrected chi connectivity index (χ2v) is 5.70. The first-order chi connectivity index (χ1) is 11.9. The molecule has 7 heteroatoms. The number of hydrogen-bond acceptors (Lipinski definition) is 2. The molecule has 1 aromatic heterocycles. The summed E-state index contributed by atoms with van der Waals surface area (Å²) in [5, 5.41) is 1.41. The number of rotatable bonds is 3. The molecule has 1 heterocycles. The van der Waals surface area contributed by atoms with E-state index in [1.807, 2.05) is 0 Å². The zero-order valence-electron chi connectivity index (χ0n) is 12.9. The lowest BCUT2D eigenvalue weighted by atomic mass is 10.00. The van der Waals surface area contributed by atoms with Crippen LogP contribution in [0.15, 0.2) is 54.2 Å². The zero-order valence-corrected chi connectivity index (χ0v) is 13.7. The van der Waals surface area contributed by atoms with Crippen molar-refractivity contribution in [3.8, 4) is 11.3 Å². The fourth-order valence-electron chi connectivity index (χ4n) is 2.53. The summed E-state index contributed by atoms with van der Waals surface area (Å²) < 4.78 is 28.4. The fourth-order valence-corrected chi connectivity index (χ4v) is 2.75. The number of pyridine rings is 1. The van der Waals surface area contributed by atoms with Crippen LogP contribution in [0.4, 0.5) is 8.78 Å². The molecule has 126 valence electrons. The van der Waals surface area contributed by atoms with Crippen molar-refractivity contribution in [2.45, 2.75) is 0 Å². The lowest BCUT2D eigenvalue weighted by Gasteiger charge is -2.11. The topological polar surface area (TPSA) is 77.3 Å². The molecule has 0 spiro atoms. The van der Waals surface area contributed by atoms with Crippen LogP contribution in [0.25, 0.3) is 27.7 Å². The van der Waals surface area contributed by atoms with Gasteiger partial charge in [-0.15, -0.1) is 0 Å². The molecule has 4 N–H and O–H groups in total. The van der Waals surface area contributed by atoms with E-state index in [0.717, 1.165) is 0 Å². The normalized spacial score (nSPS) is 10.7. The van der Waals surface area contributed by atoms with Gasteiger partial charge in [-0.25, -0.2) is 13.8 Å². The van der Waals surface area contributed by atoms with Crippen LogP contribution in [0.5, 0.6) is 0 Å². The van der Waals surface area contributed by atoms with Crippen LogP contribution in [0.3, 0.4) is 0 Å². The van der Waals surface area contributed by atoms with Crippen molar-refractivity contribution in [2.75, 3.05) is 0 Å². The minimum Gasteiger partial charge on any atom is -0.370 e. The van der Waals surface area contributed by atoms with E-state index < -0.39 is 11.6 Å². The molecule has 0 bridgehead atoms. The van der Waals surface area contributed by atoms with Crippen molar-refractivity contribution in [1.29, 1.82) is 0 Å². The highest BCUT2D eigenvalue weighted by molar-refractivity contribution is 6.35. The Morgan fingerprint density at radius 3 is 2.40 bits per heavy atom. The summed E-state index contributed by atoms with van der Waals surface area (Å²) in [4.78, 5) is 8.02. The van der Waals surface area contributed by atoms with Crippen LogP contribution < -0.4 is 11.5 Å². The molecule has 3 rings (SSSR count). The summed E-state index contributed by atoms with van der Waals surface area (Å²) >= 11 is 6.17. The van der Waals surface area contributed by atoms with Gasteiger partial charge >= 0.3 is 0 Å². The average Bonchev–Trinajstić information content (AvgIpc) is 2.55. The molecule has 0 saturated heterocycles. The number of nitrogens with zero attached hydrogens (tertiary/aromatic N) is 2. The minimum absolute atomic E-state index is 0.134. The fraction of sp³-hybridized carbons (Fsp3) is 0. The Bertz CT molecular complexity index is 1010. The van der Waals surface area contributed by atoms with Gasteiger partial charge in [0, 0.05) is 22.5 Å². The molecule has 2 aromatic carbocycles. The number of nitrogens with two attached hydrogens (primary N) is 2. The van der Waals surface area contributed by atoms with Gasteiger partial charge in [-0.2, -0.15) is 0 Å². The Morgan fingerprint density at radius 1 is 1.08 bits per heavy atom. The highest BCUT2D eigenvalue weighted by Crippen LogP contribution is 2.35. The summed E-state index contributed by atoms with van der Waals surface area (Å²) in [6, 6.07) is 8.68. The average molecular weight is 359 g/mol. The number of benzene rings is 2. The SMILES string of the molecule is C=C(N=C(N)N)c1ccc2c(Cl)cnc(-c3c(F)cccc3F)c2c1. The molecule has 25 heavy (non-hydrogen) atoms. The molecule has 0 aliphatic carbocycles. The van der Waals surface area contributed by atoms with Crippen molar-refractivity contribution >= 4 is 34.0 Å². The highest BCUT2D eigenvalue weighted by Gasteiger charge is 2.17. The molecule has 0 radical (unpaired) electrons. The number of halogens is 3. The summed E-state index contributed by atoms with van der Waals surface area (Å²) in [6.07, 6.45) is 1.36. The number of guanidine groups is 1. The lowest BCUT2D eigenvalue weighted by molar-refractivity contribution is 0.589. The Labute approximate surface area is 147 Å². The third kappa shape index (κ3) is 3.16. The van der Waals surface area contributed by atoms with Crippen molar-refractivity contribution in [3.05, 3.63) is 71.4 Å². The largest absolute Gasteiger partial charge is 0.370 e. The maximum absolute atomic E-state index is 14.2. The number of aliphatic imine (C=N–C) groups is 1. The maximum atomic E-state index is 14.2. The maximum Gasteiger partial charge on any atom is 0.191 e. The Morgan fingerprint density at radius 2 is 1.76 bits per heavy atom. The van der Waals surface area contributed by atoms with E-state index in [2.05, 4.69) is 16.6 Å². The Hall–Kier alpha value is -2.99. The summed E-state index contributed by atoms with van der Waals surface area (Å²) in [6.45, 7) is 3.78. The van der Waals surface area contributed by atoms with E-state index in [4.69, 9.17) is 23.1 Å². The molecule has 3 aromatic rings. The zero-order chi connectivity index (χ0) is 18.1. The van der Waals surface area contributed by atoms with Gasteiger partial charge < -0.3 is 11.5 Å².